The molecule has 0 unspecified atom stereocenters. The van der Waals surface area contributed by atoms with Crippen LogP contribution in [0, 0.1) is 6.92 Å². The molecule has 0 saturated heterocycles. The monoisotopic (exact) mass is 571 g/mol. The molecule has 6 aromatic rings. The number of hydrogen-bond acceptors (Lipinski definition) is 8. The van der Waals surface area contributed by atoms with Crippen molar-refractivity contribution in [1.82, 2.24) is 9.97 Å². The minimum Gasteiger partial charge on any atom is -0.399 e. The van der Waals surface area contributed by atoms with Crippen LogP contribution in [-0.2, 0) is 16.5 Å². The lowest BCUT2D eigenvalue weighted by atomic mass is 10.0. The molecule has 7 nitrogen and oxygen atoms in total. The number of fused-ring (bicyclic) bond motifs is 2. The number of benzene rings is 4. The van der Waals surface area contributed by atoms with Gasteiger partial charge in [-0.2, -0.15) is 8.42 Å². The molecular weight excluding hydrogens is 551 g/mol. The number of ketones is 1. The molecule has 4 aromatic carbocycles. The smallest absolute Gasteiger partial charge is 0.296 e. The Morgan fingerprint density at radius 1 is 0.846 bits per heavy atom. The van der Waals surface area contributed by atoms with Crippen molar-refractivity contribution in [3.05, 3.63) is 95.6 Å². The number of aromatic nitrogens is 2. The van der Waals surface area contributed by atoms with Gasteiger partial charge in [-0.05, 0) is 66.6 Å². The highest BCUT2D eigenvalue weighted by Crippen LogP contribution is 2.38. The number of hydrogen-bond donors (Lipinski definition) is 2. The number of anilines is 1. The Kier molecular flexibility index (Phi) is 6.27. The predicted octanol–water partition coefficient (Wildman–Crippen LogP) is 6.80. The average molecular weight is 572 g/mol. The van der Waals surface area contributed by atoms with Crippen molar-refractivity contribution < 1.29 is 17.8 Å². The van der Waals surface area contributed by atoms with Crippen LogP contribution in [0.25, 0.3) is 41.6 Å². The molecule has 0 spiro atoms. The van der Waals surface area contributed by atoms with Gasteiger partial charge in [-0.15, -0.1) is 22.7 Å². The van der Waals surface area contributed by atoms with Crippen molar-refractivity contribution in [2.75, 3.05) is 5.73 Å². The van der Waals surface area contributed by atoms with E-state index in [4.69, 9.17) is 10.7 Å². The second kappa shape index (κ2) is 9.65. The van der Waals surface area contributed by atoms with E-state index in [1.807, 2.05) is 42.5 Å². The van der Waals surface area contributed by atoms with Crippen LogP contribution >= 0.6 is 22.7 Å². The lowest BCUT2D eigenvalue weighted by Gasteiger charge is -2.03. The maximum absolute atomic E-state index is 12.6. The van der Waals surface area contributed by atoms with Gasteiger partial charge in [-0.3, -0.25) is 9.35 Å². The first kappa shape index (κ1) is 25.3. The Morgan fingerprint density at radius 2 is 1.49 bits per heavy atom. The second-order valence-electron chi connectivity index (χ2n) is 9.17. The molecule has 0 radical (unpaired) electrons. The molecule has 2 aromatic heterocycles. The molecule has 0 fully saturated rings. The van der Waals surface area contributed by atoms with Crippen molar-refractivity contribution >= 4 is 64.7 Å². The van der Waals surface area contributed by atoms with Crippen LogP contribution in [0.1, 0.15) is 21.5 Å². The summed E-state index contributed by atoms with van der Waals surface area (Å²) >= 11 is 2.78. The zero-order chi connectivity index (χ0) is 27.3. The van der Waals surface area contributed by atoms with Gasteiger partial charge in [-0.1, -0.05) is 30.3 Å². The van der Waals surface area contributed by atoms with Gasteiger partial charge in [0.05, 0.1) is 20.4 Å². The number of Topliss-reactive ketones (excluding diaryl/α,β-unsaturated/α-hetero) is 1. The van der Waals surface area contributed by atoms with Crippen molar-refractivity contribution in [2.45, 2.75) is 18.2 Å². The fraction of sp³-hybridized carbons (Fsp3) is 0.0690. The minimum absolute atomic E-state index is 0.0315. The van der Waals surface area contributed by atoms with Gasteiger partial charge in [0, 0.05) is 28.8 Å². The van der Waals surface area contributed by atoms with E-state index < -0.39 is 10.1 Å². The summed E-state index contributed by atoms with van der Waals surface area (Å²) in [5.41, 5.74) is 11.5. The molecular formula is C29H21N3O4S3. The van der Waals surface area contributed by atoms with Gasteiger partial charge < -0.3 is 5.73 Å². The van der Waals surface area contributed by atoms with E-state index in [0.717, 1.165) is 31.9 Å². The number of nitrogens with two attached hydrogens (primary N) is 1. The summed E-state index contributed by atoms with van der Waals surface area (Å²) in [5, 5.41) is 1.51. The molecule has 3 N–H and O–H groups in total. The van der Waals surface area contributed by atoms with E-state index >= 15 is 0 Å². The maximum atomic E-state index is 12.6. The van der Waals surface area contributed by atoms with Gasteiger partial charge in [-0.25, -0.2) is 9.97 Å². The third-order valence-electron chi connectivity index (χ3n) is 6.40. The van der Waals surface area contributed by atoms with Crippen LogP contribution in [0.3, 0.4) is 0 Å². The molecule has 6 rings (SSSR count). The number of aryl methyl sites for hydroxylation is 1. The molecule has 39 heavy (non-hydrogen) atoms. The zero-order valence-electron chi connectivity index (χ0n) is 20.6. The SMILES string of the molecule is Cc1ccc2nc(-c3ccc4nc(-c5ccc(CC(=O)c6ccc(N)cc6)cc5)sc4c3)sc2c1S(=O)(=O)O. The first-order valence-corrected chi connectivity index (χ1v) is 15.0. The first-order chi connectivity index (χ1) is 18.7. The molecule has 0 aliphatic carbocycles. The summed E-state index contributed by atoms with van der Waals surface area (Å²) in [6.45, 7) is 1.65. The number of nitrogen functional groups attached to an aromatic ring is 1. The Balaban J connectivity index is 1.27. The molecule has 0 bridgehead atoms. The Labute approximate surface area is 232 Å². The molecule has 0 aliphatic rings. The third kappa shape index (κ3) is 4.95. The molecule has 2 heterocycles. The number of nitrogens with zero attached hydrogens (tertiary/aromatic N) is 2. The average Bonchev–Trinajstić information content (AvgIpc) is 3.52. The summed E-state index contributed by atoms with van der Waals surface area (Å²) in [5.74, 6) is 0.0315. The van der Waals surface area contributed by atoms with Gasteiger partial charge in [0.2, 0.25) is 0 Å². The lowest BCUT2D eigenvalue weighted by molar-refractivity contribution is 0.0993. The predicted molar refractivity (Wildman–Crippen MR) is 157 cm³/mol. The van der Waals surface area contributed by atoms with Gasteiger partial charge in [0.25, 0.3) is 10.1 Å². The van der Waals surface area contributed by atoms with E-state index in [-0.39, 0.29) is 10.7 Å². The maximum Gasteiger partial charge on any atom is 0.296 e. The number of carbonyl (C=O) groups excluding carboxylic acids is 1. The fourth-order valence-corrected chi connectivity index (χ4v) is 7.73. The molecule has 0 saturated carbocycles. The van der Waals surface area contributed by atoms with Gasteiger partial charge in [0.15, 0.2) is 5.78 Å². The second-order valence-corrected chi connectivity index (χ2v) is 12.6. The van der Waals surface area contributed by atoms with E-state index in [0.29, 0.717) is 38.5 Å². The summed E-state index contributed by atoms with van der Waals surface area (Å²) < 4.78 is 35.1. The van der Waals surface area contributed by atoms with Crippen molar-refractivity contribution in [2.24, 2.45) is 0 Å². The Hall–Kier alpha value is -3.96. The summed E-state index contributed by atoms with van der Waals surface area (Å²) in [6, 6.07) is 24.0. The van der Waals surface area contributed by atoms with Crippen LogP contribution in [-0.4, -0.2) is 28.7 Å². The fourth-order valence-electron chi connectivity index (χ4n) is 4.41. The van der Waals surface area contributed by atoms with Crippen molar-refractivity contribution in [3.8, 4) is 21.1 Å². The van der Waals surface area contributed by atoms with E-state index in [1.165, 1.54) is 11.3 Å². The molecule has 0 aliphatic heterocycles. The first-order valence-electron chi connectivity index (χ1n) is 11.9. The van der Waals surface area contributed by atoms with Crippen LogP contribution in [0.4, 0.5) is 5.69 Å². The normalized spacial score (nSPS) is 11.8. The minimum atomic E-state index is -4.38. The van der Waals surface area contributed by atoms with Crippen LogP contribution in [0.2, 0.25) is 0 Å². The quantitative estimate of drug-likeness (QED) is 0.128. The van der Waals surface area contributed by atoms with Crippen LogP contribution < -0.4 is 5.73 Å². The third-order valence-corrected chi connectivity index (χ3v) is 9.78. The lowest BCUT2D eigenvalue weighted by Crippen LogP contribution is -2.03. The number of rotatable bonds is 6. The number of carbonyl (C=O) groups is 1. The van der Waals surface area contributed by atoms with Gasteiger partial charge in [0.1, 0.15) is 14.9 Å². The topological polar surface area (TPSA) is 123 Å². The van der Waals surface area contributed by atoms with E-state index in [1.54, 1.807) is 54.7 Å². The summed E-state index contributed by atoms with van der Waals surface area (Å²) in [6.07, 6.45) is 0.300. The summed E-state index contributed by atoms with van der Waals surface area (Å²) in [4.78, 5) is 21.9. The van der Waals surface area contributed by atoms with Crippen LogP contribution in [0.15, 0.2) is 83.8 Å². The highest BCUT2D eigenvalue weighted by molar-refractivity contribution is 7.86. The molecule has 10 heteroatoms. The standard InChI is InChI=1S/C29H21N3O4S3/c1-16-2-12-23-26(27(16)39(34,35)36)38-29(32-23)20-9-13-22-25(15-20)37-28(31-22)19-5-3-17(4-6-19)14-24(33)18-7-10-21(30)11-8-18/h2-13,15H,14,30H2,1H3,(H,34,35,36). The molecule has 194 valence electrons. The van der Waals surface area contributed by atoms with E-state index in [2.05, 4.69) is 4.98 Å². The highest BCUT2D eigenvalue weighted by atomic mass is 32.2. The van der Waals surface area contributed by atoms with Gasteiger partial charge >= 0.3 is 0 Å². The van der Waals surface area contributed by atoms with Crippen LogP contribution in [0.5, 0.6) is 0 Å². The summed E-state index contributed by atoms with van der Waals surface area (Å²) in [7, 11) is -4.38. The molecule has 0 amide bonds. The molecule has 0 atom stereocenters. The zero-order valence-corrected chi connectivity index (χ0v) is 23.0. The highest BCUT2D eigenvalue weighted by Gasteiger charge is 2.21. The number of thiazole rings is 2. The van der Waals surface area contributed by atoms with Crippen molar-refractivity contribution in [3.63, 3.8) is 0 Å². The van der Waals surface area contributed by atoms with E-state index in [9.17, 15) is 17.8 Å². The largest absolute Gasteiger partial charge is 0.399 e. The van der Waals surface area contributed by atoms with Crippen molar-refractivity contribution in [1.29, 1.82) is 0 Å². The Morgan fingerprint density at radius 3 is 2.21 bits per heavy atom. The Bertz CT molecular complexity index is 1990.